The third-order valence-corrected chi connectivity index (χ3v) is 3.22. The zero-order valence-electron chi connectivity index (χ0n) is 9.52. The second kappa shape index (κ2) is 4.70. The topological polar surface area (TPSA) is 32.5 Å². The van der Waals surface area contributed by atoms with Crippen LogP contribution in [0, 0.1) is 6.92 Å². The second-order valence-electron chi connectivity index (χ2n) is 4.15. The van der Waals surface area contributed by atoms with Gasteiger partial charge in [-0.15, -0.1) is 0 Å². The van der Waals surface area contributed by atoms with E-state index in [0.29, 0.717) is 5.11 Å². The third-order valence-electron chi connectivity index (χ3n) is 2.96. The van der Waals surface area contributed by atoms with Crippen LogP contribution in [0.3, 0.4) is 0 Å². The summed E-state index contributed by atoms with van der Waals surface area (Å²) in [5.74, 6) is 0. The minimum Gasteiger partial charge on any atom is -0.376 e. The number of piperazine rings is 1. The first-order chi connectivity index (χ1) is 7.66. The highest BCUT2D eigenvalue weighted by molar-refractivity contribution is 7.80. The fourth-order valence-corrected chi connectivity index (χ4v) is 2.19. The summed E-state index contributed by atoms with van der Waals surface area (Å²) in [6.45, 7) is 5.93. The van der Waals surface area contributed by atoms with Gasteiger partial charge in [-0.3, -0.25) is 0 Å². The molecular formula is C12H17N3S. The lowest BCUT2D eigenvalue weighted by molar-refractivity contribution is 0.388. The number of nitrogens with zero attached hydrogens (tertiary/aromatic N) is 2. The predicted octanol–water partition coefficient (Wildman–Crippen LogP) is 1.36. The number of benzene rings is 1. The molecule has 0 spiro atoms. The van der Waals surface area contributed by atoms with Crippen molar-refractivity contribution >= 4 is 23.0 Å². The fourth-order valence-electron chi connectivity index (χ4n) is 2.01. The molecule has 1 aliphatic heterocycles. The average molecular weight is 235 g/mol. The zero-order valence-corrected chi connectivity index (χ0v) is 10.3. The highest BCUT2D eigenvalue weighted by Crippen LogP contribution is 2.17. The van der Waals surface area contributed by atoms with E-state index in [1.54, 1.807) is 0 Å². The van der Waals surface area contributed by atoms with Crippen LogP contribution in [0.25, 0.3) is 0 Å². The predicted molar refractivity (Wildman–Crippen MR) is 71.8 cm³/mol. The van der Waals surface area contributed by atoms with Crippen molar-refractivity contribution in [3.63, 3.8) is 0 Å². The number of hydrogen-bond acceptors (Lipinski definition) is 2. The van der Waals surface area contributed by atoms with Gasteiger partial charge < -0.3 is 15.5 Å². The van der Waals surface area contributed by atoms with E-state index < -0.39 is 0 Å². The van der Waals surface area contributed by atoms with Gasteiger partial charge in [-0.05, 0) is 36.8 Å². The van der Waals surface area contributed by atoms with Crippen molar-refractivity contribution < 1.29 is 0 Å². The molecule has 16 heavy (non-hydrogen) atoms. The molecule has 0 aromatic heterocycles. The number of anilines is 1. The summed E-state index contributed by atoms with van der Waals surface area (Å²) in [4.78, 5) is 4.43. The van der Waals surface area contributed by atoms with Crippen LogP contribution in [-0.4, -0.2) is 36.2 Å². The first-order valence-electron chi connectivity index (χ1n) is 5.53. The minimum atomic E-state index is 0.517. The molecule has 0 atom stereocenters. The van der Waals surface area contributed by atoms with Crippen LogP contribution in [0.1, 0.15) is 5.56 Å². The summed E-state index contributed by atoms with van der Waals surface area (Å²) in [6.07, 6.45) is 0. The Morgan fingerprint density at radius 2 is 1.94 bits per heavy atom. The number of rotatable bonds is 1. The van der Waals surface area contributed by atoms with Crippen LogP contribution in [0.15, 0.2) is 24.3 Å². The van der Waals surface area contributed by atoms with Gasteiger partial charge in [-0.2, -0.15) is 0 Å². The van der Waals surface area contributed by atoms with Gasteiger partial charge in [0.1, 0.15) is 0 Å². The smallest absolute Gasteiger partial charge is 0.166 e. The van der Waals surface area contributed by atoms with E-state index in [9.17, 15) is 0 Å². The van der Waals surface area contributed by atoms with Gasteiger partial charge in [-0.1, -0.05) is 12.1 Å². The molecule has 0 unspecified atom stereocenters. The molecular weight excluding hydrogens is 218 g/mol. The van der Waals surface area contributed by atoms with Gasteiger partial charge in [0.2, 0.25) is 0 Å². The Kier molecular flexibility index (Phi) is 3.29. The zero-order chi connectivity index (χ0) is 11.5. The summed E-state index contributed by atoms with van der Waals surface area (Å²) in [5, 5.41) is 0.517. The molecule has 1 aliphatic rings. The van der Waals surface area contributed by atoms with Gasteiger partial charge in [0, 0.05) is 31.9 Å². The largest absolute Gasteiger partial charge is 0.376 e. The average Bonchev–Trinajstić information content (AvgIpc) is 2.29. The SMILES string of the molecule is Cc1cccc(N2CCN(C(N)=S)CC2)c1. The molecule has 1 saturated heterocycles. The van der Waals surface area contributed by atoms with Gasteiger partial charge in [-0.25, -0.2) is 0 Å². The lowest BCUT2D eigenvalue weighted by Gasteiger charge is -2.36. The van der Waals surface area contributed by atoms with E-state index in [1.165, 1.54) is 11.3 Å². The van der Waals surface area contributed by atoms with E-state index in [2.05, 4.69) is 41.0 Å². The van der Waals surface area contributed by atoms with Gasteiger partial charge in [0.25, 0.3) is 0 Å². The number of thiocarbonyl (C=S) groups is 1. The molecule has 86 valence electrons. The number of hydrogen-bond donors (Lipinski definition) is 1. The highest BCUT2D eigenvalue weighted by Gasteiger charge is 2.17. The monoisotopic (exact) mass is 235 g/mol. The maximum atomic E-state index is 5.61. The Bertz CT molecular complexity index is 384. The van der Waals surface area contributed by atoms with Crippen molar-refractivity contribution in [3.8, 4) is 0 Å². The quantitative estimate of drug-likeness (QED) is 0.745. The molecule has 2 rings (SSSR count). The van der Waals surface area contributed by atoms with Crippen LogP contribution in [-0.2, 0) is 0 Å². The first-order valence-corrected chi connectivity index (χ1v) is 5.93. The third kappa shape index (κ3) is 2.44. The Balaban J connectivity index is 2.01. The van der Waals surface area contributed by atoms with Crippen molar-refractivity contribution in [2.75, 3.05) is 31.1 Å². The van der Waals surface area contributed by atoms with Crippen LogP contribution >= 0.6 is 12.2 Å². The van der Waals surface area contributed by atoms with Crippen LogP contribution in [0.4, 0.5) is 5.69 Å². The Hall–Kier alpha value is -1.29. The van der Waals surface area contributed by atoms with Crippen LogP contribution in [0.2, 0.25) is 0 Å². The van der Waals surface area contributed by atoms with Crippen LogP contribution in [0.5, 0.6) is 0 Å². The Labute approximate surface area is 102 Å². The van der Waals surface area contributed by atoms with Crippen molar-refractivity contribution in [1.82, 2.24) is 4.90 Å². The van der Waals surface area contributed by atoms with E-state index >= 15 is 0 Å². The van der Waals surface area contributed by atoms with Crippen LogP contribution < -0.4 is 10.6 Å². The van der Waals surface area contributed by atoms with E-state index in [1.807, 2.05) is 0 Å². The minimum absolute atomic E-state index is 0.517. The van der Waals surface area contributed by atoms with Crippen molar-refractivity contribution in [3.05, 3.63) is 29.8 Å². The summed E-state index contributed by atoms with van der Waals surface area (Å²) in [5.41, 5.74) is 8.21. The molecule has 3 nitrogen and oxygen atoms in total. The second-order valence-corrected chi connectivity index (χ2v) is 4.57. The van der Waals surface area contributed by atoms with Gasteiger partial charge in [0.15, 0.2) is 5.11 Å². The van der Waals surface area contributed by atoms with E-state index in [-0.39, 0.29) is 0 Å². The number of aryl methyl sites for hydroxylation is 1. The summed E-state index contributed by atoms with van der Waals surface area (Å²) < 4.78 is 0. The lowest BCUT2D eigenvalue weighted by Crippen LogP contribution is -2.50. The molecule has 0 saturated carbocycles. The van der Waals surface area contributed by atoms with Crippen molar-refractivity contribution in [1.29, 1.82) is 0 Å². The standard InChI is InChI=1S/C12H17N3S/c1-10-3-2-4-11(9-10)14-5-7-15(8-6-14)12(13)16/h2-4,9H,5-8H2,1H3,(H2,13,16). The Morgan fingerprint density at radius 1 is 1.25 bits per heavy atom. The normalized spacial score (nSPS) is 16.3. The molecule has 1 heterocycles. The van der Waals surface area contributed by atoms with Gasteiger partial charge >= 0.3 is 0 Å². The molecule has 0 aliphatic carbocycles. The summed E-state index contributed by atoms with van der Waals surface area (Å²) in [7, 11) is 0. The molecule has 2 N–H and O–H groups in total. The first kappa shape index (κ1) is 11.2. The lowest BCUT2D eigenvalue weighted by atomic mass is 10.2. The fraction of sp³-hybridized carbons (Fsp3) is 0.417. The van der Waals surface area contributed by atoms with E-state index in [4.69, 9.17) is 18.0 Å². The molecule has 0 amide bonds. The molecule has 1 fully saturated rings. The maximum absolute atomic E-state index is 5.61. The summed E-state index contributed by atoms with van der Waals surface area (Å²) in [6, 6.07) is 8.60. The van der Waals surface area contributed by atoms with Crippen molar-refractivity contribution in [2.45, 2.75) is 6.92 Å². The molecule has 4 heteroatoms. The van der Waals surface area contributed by atoms with E-state index in [0.717, 1.165) is 26.2 Å². The maximum Gasteiger partial charge on any atom is 0.166 e. The molecule has 1 aromatic carbocycles. The number of nitrogens with two attached hydrogens (primary N) is 1. The molecule has 0 bridgehead atoms. The Morgan fingerprint density at radius 3 is 2.50 bits per heavy atom. The molecule has 0 radical (unpaired) electrons. The molecule has 1 aromatic rings. The highest BCUT2D eigenvalue weighted by atomic mass is 32.1. The van der Waals surface area contributed by atoms with Gasteiger partial charge in [0.05, 0.1) is 0 Å². The summed E-state index contributed by atoms with van der Waals surface area (Å²) >= 11 is 4.98. The van der Waals surface area contributed by atoms with Crippen molar-refractivity contribution in [2.24, 2.45) is 5.73 Å².